The third-order valence-corrected chi connectivity index (χ3v) is 5.60. The van der Waals surface area contributed by atoms with E-state index >= 15 is 0 Å². The summed E-state index contributed by atoms with van der Waals surface area (Å²) in [6, 6.07) is 9.03. The van der Waals surface area contributed by atoms with Crippen LogP contribution >= 0.6 is 11.3 Å². The Kier molecular flexibility index (Phi) is 5.07. The molecule has 9 heteroatoms. The maximum absolute atomic E-state index is 11.6. The molecule has 0 radical (unpaired) electrons. The minimum absolute atomic E-state index is 0.279. The van der Waals surface area contributed by atoms with E-state index in [1.807, 2.05) is 23.1 Å². The first-order chi connectivity index (χ1) is 13.6. The smallest absolute Gasteiger partial charge is 0.240 e. The molecule has 144 valence electrons. The number of pyridine rings is 2. The molecule has 4 heterocycles. The molecule has 1 atom stereocenters. The zero-order chi connectivity index (χ0) is 19.5. The highest BCUT2D eigenvalue weighted by Gasteiger charge is 2.31. The van der Waals surface area contributed by atoms with Crippen molar-refractivity contribution in [3.8, 4) is 16.3 Å². The SMILES string of the molecule is COc1ccnc(Nc2cccc(-c3cnc(N4CCCC4C(N)=O)s3)n2)c1. The Bertz CT molecular complexity index is 992. The number of nitrogens with two attached hydrogens (primary N) is 1. The summed E-state index contributed by atoms with van der Waals surface area (Å²) >= 11 is 1.51. The number of aromatic nitrogens is 3. The Morgan fingerprint density at radius 2 is 2.21 bits per heavy atom. The molecule has 1 fully saturated rings. The topological polar surface area (TPSA) is 106 Å². The third kappa shape index (κ3) is 3.74. The Morgan fingerprint density at radius 3 is 3.04 bits per heavy atom. The Morgan fingerprint density at radius 1 is 1.32 bits per heavy atom. The summed E-state index contributed by atoms with van der Waals surface area (Å²) in [6.07, 6.45) is 5.17. The third-order valence-electron chi connectivity index (χ3n) is 4.55. The summed E-state index contributed by atoms with van der Waals surface area (Å²) in [5.74, 6) is 1.74. The molecule has 3 aromatic heterocycles. The fraction of sp³-hybridized carbons (Fsp3) is 0.263. The summed E-state index contributed by atoms with van der Waals surface area (Å²) in [7, 11) is 1.61. The maximum atomic E-state index is 11.6. The van der Waals surface area contributed by atoms with Gasteiger partial charge in [-0.15, -0.1) is 0 Å². The fourth-order valence-electron chi connectivity index (χ4n) is 3.19. The van der Waals surface area contributed by atoms with Gasteiger partial charge in [0.05, 0.1) is 17.7 Å². The number of methoxy groups -OCH3 is 1. The van der Waals surface area contributed by atoms with Crippen molar-refractivity contribution in [3.63, 3.8) is 0 Å². The lowest BCUT2D eigenvalue weighted by molar-refractivity contribution is -0.119. The standard InChI is InChI=1S/C19H20N6O2S/c1-27-12-7-8-21-17(10-12)24-16-6-2-4-13(23-16)15-11-22-19(28-15)25-9-3-5-14(25)18(20)26/h2,4,6-8,10-11,14H,3,5,9H2,1H3,(H2,20,26)(H,21,23,24). The van der Waals surface area contributed by atoms with E-state index in [4.69, 9.17) is 10.5 Å². The lowest BCUT2D eigenvalue weighted by Crippen LogP contribution is -2.40. The van der Waals surface area contributed by atoms with Crippen LogP contribution in [0.5, 0.6) is 5.75 Å². The van der Waals surface area contributed by atoms with Crippen molar-refractivity contribution >= 4 is 34.0 Å². The van der Waals surface area contributed by atoms with E-state index in [1.54, 1.807) is 31.6 Å². The zero-order valence-corrected chi connectivity index (χ0v) is 16.1. The average Bonchev–Trinajstić information content (AvgIpc) is 3.38. The number of hydrogen-bond donors (Lipinski definition) is 2. The number of nitrogens with zero attached hydrogens (tertiary/aromatic N) is 4. The van der Waals surface area contributed by atoms with Crippen LogP contribution in [0.3, 0.4) is 0 Å². The second-order valence-corrected chi connectivity index (χ2v) is 7.38. The first-order valence-corrected chi connectivity index (χ1v) is 9.72. The largest absolute Gasteiger partial charge is 0.497 e. The number of hydrogen-bond acceptors (Lipinski definition) is 8. The van der Waals surface area contributed by atoms with Gasteiger partial charge in [-0.05, 0) is 31.0 Å². The zero-order valence-electron chi connectivity index (χ0n) is 15.3. The van der Waals surface area contributed by atoms with Gasteiger partial charge in [0.2, 0.25) is 5.91 Å². The first kappa shape index (κ1) is 18.2. The molecule has 4 rings (SSSR count). The second-order valence-electron chi connectivity index (χ2n) is 6.37. The first-order valence-electron chi connectivity index (χ1n) is 8.90. The molecule has 0 saturated carbocycles. The summed E-state index contributed by atoms with van der Waals surface area (Å²) in [6.45, 7) is 0.789. The molecule has 1 unspecified atom stereocenters. The van der Waals surface area contributed by atoms with E-state index < -0.39 is 0 Å². The number of rotatable bonds is 6. The molecule has 3 N–H and O–H groups in total. The highest BCUT2D eigenvalue weighted by molar-refractivity contribution is 7.18. The van der Waals surface area contributed by atoms with Gasteiger partial charge in [-0.1, -0.05) is 17.4 Å². The molecule has 0 spiro atoms. The monoisotopic (exact) mass is 396 g/mol. The number of primary amides is 1. The maximum Gasteiger partial charge on any atom is 0.240 e. The molecule has 0 aromatic carbocycles. The summed E-state index contributed by atoms with van der Waals surface area (Å²) in [4.78, 5) is 28.0. The van der Waals surface area contributed by atoms with Gasteiger partial charge in [-0.25, -0.2) is 15.0 Å². The van der Waals surface area contributed by atoms with Crippen molar-refractivity contribution in [1.29, 1.82) is 0 Å². The van der Waals surface area contributed by atoms with Crippen LogP contribution in [-0.4, -0.2) is 40.6 Å². The average molecular weight is 396 g/mol. The van der Waals surface area contributed by atoms with Crippen LogP contribution in [0.1, 0.15) is 12.8 Å². The predicted molar refractivity (Wildman–Crippen MR) is 109 cm³/mol. The van der Waals surface area contributed by atoms with Crippen LogP contribution in [0.25, 0.3) is 10.6 Å². The number of nitrogens with one attached hydrogen (secondary N) is 1. The van der Waals surface area contributed by atoms with E-state index in [0.29, 0.717) is 11.6 Å². The van der Waals surface area contributed by atoms with Crippen LogP contribution in [-0.2, 0) is 4.79 Å². The normalized spacial score (nSPS) is 16.2. The van der Waals surface area contributed by atoms with Crippen LogP contribution in [0.15, 0.2) is 42.7 Å². The number of amides is 1. The number of thiazole rings is 1. The summed E-state index contributed by atoms with van der Waals surface area (Å²) in [5, 5.41) is 3.98. The summed E-state index contributed by atoms with van der Waals surface area (Å²) < 4.78 is 5.22. The van der Waals surface area contributed by atoms with E-state index in [-0.39, 0.29) is 11.9 Å². The molecule has 1 aliphatic heterocycles. The Labute approximate surface area is 166 Å². The molecule has 0 bridgehead atoms. The van der Waals surface area contributed by atoms with E-state index in [2.05, 4.69) is 20.3 Å². The van der Waals surface area contributed by atoms with Gasteiger partial charge in [-0.2, -0.15) is 0 Å². The molecule has 28 heavy (non-hydrogen) atoms. The molecular weight excluding hydrogens is 376 g/mol. The van der Waals surface area contributed by atoms with E-state index in [9.17, 15) is 4.79 Å². The quantitative estimate of drug-likeness (QED) is 0.660. The van der Waals surface area contributed by atoms with Crippen molar-refractivity contribution in [2.24, 2.45) is 5.73 Å². The molecule has 1 saturated heterocycles. The molecule has 1 amide bonds. The van der Waals surface area contributed by atoms with E-state index in [0.717, 1.165) is 40.8 Å². The Balaban J connectivity index is 1.55. The van der Waals surface area contributed by atoms with Crippen LogP contribution in [0.2, 0.25) is 0 Å². The van der Waals surface area contributed by atoms with Gasteiger partial charge in [-0.3, -0.25) is 4.79 Å². The van der Waals surface area contributed by atoms with Crippen LogP contribution in [0.4, 0.5) is 16.8 Å². The number of anilines is 3. The van der Waals surface area contributed by atoms with Crippen molar-refractivity contribution in [2.45, 2.75) is 18.9 Å². The number of carbonyl (C=O) groups is 1. The molecule has 1 aliphatic rings. The highest BCUT2D eigenvalue weighted by Crippen LogP contribution is 2.34. The van der Waals surface area contributed by atoms with Gasteiger partial charge < -0.3 is 20.7 Å². The minimum Gasteiger partial charge on any atom is -0.497 e. The number of ether oxygens (including phenoxy) is 1. The van der Waals surface area contributed by atoms with Gasteiger partial charge in [0.25, 0.3) is 0 Å². The summed E-state index contributed by atoms with van der Waals surface area (Å²) in [5.41, 5.74) is 6.32. The van der Waals surface area contributed by atoms with Gasteiger partial charge >= 0.3 is 0 Å². The van der Waals surface area contributed by atoms with Crippen LogP contribution < -0.4 is 20.7 Å². The lowest BCUT2D eigenvalue weighted by atomic mass is 10.2. The van der Waals surface area contributed by atoms with Crippen LogP contribution in [0, 0.1) is 0 Å². The lowest BCUT2D eigenvalue weighted by Gasteiger charge is -2.20. The van der Waals surface area contributed by atoms with Gasteiger partial charge in [0.15, 0.2) is 5.13 Å². The van der Waals surface area contributed by atoms with Crippen molar-refractivity contribution in [2.75, 3.05) is 23.9 Å². The molecule has 8 nitrogen and oxygen atoms in total. The fourth-order valence-corrected chi connectivity index (χ4v) is 4.15. The number of carbonyl (C=O) groups excluding carboxylic acids is 1. The van der Waals surface area contributed by atoms with E-state index in [1.165, 1.54) is 11.3 Å². The molecule has 0 aliphatic carbocycles. The van der Waals surface area contributed by atoms with Gasteiger partial charge in [0, 0.05) is 25.0 Å². The second kappa shape index (κ2) is 7.81. The molecule has 3 aromatic rings. The van der Waals surface area contributed by atoms with Crippen molar-refractivity contribution < 1.29 is 9.53 Å². The van der Waals surface area contributed by atoms with Gasteiger partial charge in [0.1, 0.15) is 23.4 Å². The Hall–Kier alpha value is -3.20. The van der Waals surface area contributed by atoms with Crippen molar-refractivity contribution in [1.82, 2.24) is 15.0 Å². The highest BCUT2D eigenvalue weighted by atomic mass is 32.1. The predicted octanol–water partition coefficient (Wildman–Crippen LogP) is 2.81. The molecular formula is C19H20N6O2S. The van der Waals surface area contributed by atoms with Crippen molar-refractivity contribution in [3.05, 3.63) is 42.7 Å². The minimum atomic E-state index is -0.302.